The maximum Gasteiger partial charge on any atom is 0.335 e. The second-order valence-electron chi connectivity index (χ2n) is 6.20. The van der Waals surface area contributed by atoms with Gasteiger partial charge in [-0.2, -0.15) is 0 Å². The van der Waals surface area contributed by atoms with Crippen LogP contribution in [0.3, 0.4) is 0 Å². The second-order valence-corrected chi connectivity index (χ2v) is 8.43. The van der Waals surface area contributed by atoms with Crippen LogP contribution in [0.2, 0.25) is 0 Å². The topological polar surface area (TPSA) is 102 Å². The number of benzene rings is 2. The molecular weight excluding hydrogens is 344 g/mol. The zero-order valence-electron chi connectivity index (χ0n) is 13.1. The first-order valence-corrected chi connectivity index (χ1v) is 9.40. The highest BCUT2D eigenvalue weighted by Gasteiger charge is 2.32. The molecule has 0 bridgehead atoms. The van der Waals surface area contributed by atoms with Crippen molar-refractivity contribution in [2.75, 3.05) is 0 Å². The van der Waals surface area contributed by atoms with Gasteiger partial charge >= 0.3 is 5.97 Å². The summed E-state index contributed by atoms with van der Waals surface area (Å²) in [6.45, 7) is 0. The van der Waals surface area contributed by atoms with Gasteiger partial charge in [0, 0.05) is 6.07 Å². The van der Waals surface area contributed by atoms with Crippen LogP contribution in [0, 0.1) is 0 Å². The van der Waals surface area contributed by atoms with Crippen molar-refractivity contribution >= 4 is 37.7 Å². The van der Waals surface area contributed by atoms with Crippen LogP contribution in [0.1, 0.15) is 29.6 Å². The van der Waals surface area contributed by atoms with Crippen molar-refractivity contribution in [2.45, 2.75) is 29.4 Å². The Bertz CT molecular complexity index is 1190. The van der Waals surface area contributed by atoms with Gasteiger partial charge in [-0.1, -0.05) is 6.42 Å². The number of carboxylic acid groups (broad SMARTS) is 1. The van der Waals surface area contributed by atoms with E-state index in [1.165, 1.54) is 36.4 Å². The van der Waals surface area contributed by atoms with Crippen LogP contribution in [0.5, 0.6) is 0 Å². The molecule has 1 N–H and O–H groups in total. The summed E-state index contributed by atoms with van der Waals surface area (Å²) in [5.74, 6) is -1.14. The fourth-order valence-electron chi connectivity index (χ4n) is 3.02. The molecule has 0 radical (unpaired) electrons. The van der Waals surface area contributed by atoms with E-state index >= 15 is 0 Å². The maximum absolute atomic E-state index is 12.6. The summed E-state index contributed by atoms with van der Waals surface area (Å²) in [4.78, 5) is 23.8. The lowest BCUT2D eigenvalue weighted by molar-refractivity contribution is 0.0697. The summed E-state index contributed by atoms with van der Waals surface area (Å²) in [7, 11) is -3.42. The van der Waals surface area contributed by atoms with Gasteiger partial charge < -0.3 is 9.52 Å². The molecule has 0 aliphatic heterocycles. The van der Waals surface area contributed by atoms with Gasteiger partial charge in [0.15, 0.2) is 9.84 Å². The zero-order valence-corrected chi connectivity index (χ0v) is 13.9. The van der Waals surface area contributed by atoms with Crippen molar-refractivity contribution in [1.82, 2.24) is 0 Å². The number of fused-ring (bicyclic) bond motifs is 2. The summed E-state index contributed by atoms with van der Waals surface area (Å²) in [6.07, 6.45) is 2.21. The standard InChI is InChI=1S/C18H14O6S/c19-17-13-6-5-12(25(22,23)11-2-1-3-11)9-16(13)24-15-7-4-10(18(20)21)8-14(15)17/h4-9,11H,1-3H2,(H,20,21). The summed E-state index contributed by atoms with van der Waals surface area (Å²) < 4.78 is 30.8. The number of sulfone groups is 1. The number of hydrogen-bond acceptors (Lipinski definition) is 5. The predicted molar refractivity (Wildman–Crippen MR) is 91.8 cm³/mol. The smallest absolute Gasteiger partial charge is 0.335 e. The molecule has 0 saturated heterocycles. The first-order valence-electron chi connectivity index (χ1n) is 7.86. The van der Waals surface area contributed by atoms with E-state index in [1.807, 2.05) is 0 Å². The number of carbonyl (C=O) groups is 1. The van der Waals surface area contributed by atoms with Crippen molar-refractivity contribution in [3.63, 3.8) is 0 Å². The molecule has 1 fully saturated rings. The second kappa shape index (κ2) is 5.42. The molecular formula is C18H14O6S. The van der Waals surface area contributed by atoms with Crippen LogP contribution >= 0.6 is 0 Å². The molecule has 0 unspecified atom stereocenters. The van der Waals surface area contributed by atoms with Crippen molar-refractivity contribution in [1.29, 1.82) is 0 Å². The molecule has 7 heteroatoms. The molecule has 4 rings (SSSR count). The van der Waals surface area contributed by atoms with E-state index < -0.39 is 15.8 Å². The lowest BCUT2D eigenvalue weighted by Gasteiger charge is -2.25. The van der Waals surface area contributed by atoms with Crippen LogP contribution in [0.15, 0.2) is 50.5 Å². The van der Waals surface area contributed by atoms with Gasteiger partial charge in [-0.15, -0.1) is 0 Å². The van der Waals surface area contributed by atoms with Crippen LogP contribution in [0.25, 0.3) is 21.9 Å². The monoisotopic (exact) mass is 358 g/mol. The van der Waals surface area contributed by atoms with Gasteiger partial charge in [0.2, 0.25) is 5.43 Å². The molecule has 1 saturated carbocycles. The SMILES string of the molecule is O=C(O)c1ccc2oc3cc(S(=O)(=O)C4CCC4)ccc3c(=O)c2c1. The van der Waals surface area contributed by atoms with E-state index in [9.17, 15) is 18.0 Å². The zero-order chi connectivity index (χ0) is 17.8. The first kappa shape index (κ1) is 15.8. The number of rotatable bonds is 3. The van der Waals surface area contributed by atoms with Crippen LogP contribution in [-0.2, 0) is 9.84 Å². The number of carboxylic acids is 1. The average molecular weight is 358 g/mol. The van der Waals surface area contributed by atoms with E-state index in [0.29, 0.717) is 12.8 Å². The van der Waals surface area contributed by atoms with Crippen molar-refractivity contribution in [3.8, 4) is 0 Å². The molecule has 25 heavy (non-hydrogen) atoms. The van der Waals surface area contributed by atoms with Crippen LogP contribution < -0.4 is 5.43 Å². The minimum Gasteiger partial charge on any atom is -0.478 e. The molecule has 0 amide bonds. The van der Waals surface area contributed by atoms with Crippen LogP contribution in [0.4, 0.5) is 0 Å². The lowest BCUT2D eigenvalue weighted by Crippen LogP contribution is -2.28. The minimum atomic E-state index is -3.42. The van der Waals surface area contributed by atoms with E-state index in [-0.39, 0.29) is 43.1 Å². The van der Waals surface area contributed by atoms with Crippen molar-refractivity contribution in [2.24, 2.45) is 0 Å². The molecule has 2 aromatic carbocycles. The van der Waals surface area contributed by atoms with Gasteiger partial charge in [0.1, 0.15) is 11.2 Å². The molecule has 0 atom stereocenters. The highest BCUT2D eigenvalue weighted by atomic mass is 32.2. The van der Waals surface area contributed by atoms with Crippen LogP contribution in [-0.4, -0.2) is 24.7 Å². The summed E-state index contributed by atoms with van der Waals surface area (Å²) in [6, 6.07) is 8.25. The average Bonchev–Trinajstić information content (AvgIpc) is 2.52. The summed E-state index contributed by atoms with van der Waals surface area (Å²) >= 11 is 0. The molecule has 128 valence electrons. The first-order chi connectivity index (χ1) is 11.9. The molecule has 1 aliphatic carbocycles. The third kappa shape index (κ3) is 2.42. The van der Waals surface area contributed by atoms with Crippen molar-refractivity contribution < 1.29 is 22.7 Å². The van der Waals surface area contributed by atoms with Gasteiger partial charge in [-0.3, -0.25) is 4.79 Å². The summed E-state index contributed by atoms with van der Waals surface area (Å²) in [5.41, 5.74) is 0.0111. The molecule has 3 aromatic rings. The fourth-order valence-corrected chi connectivity index (χ4v) is 4.89. The third-order valence-electron chi connectivity index (χ3n) is 4.71. The molecule has 1 aliphatic rings. The Labute approximate surface area is 142 Å². The Morgan fingerprint density at radius 2 is 1.80 bits per heavy atom. The molecule has 1 heterocycles. The van der Waals surface area contributed by atoms with Gasteiger partial charge in [-0.25, -0.2) is 13.2 Å². The Balaban J connectivity index is 1.94. The predicted octanol–water partition coefficient (Wildman–Crippen LogP) is 2.97. The van der Waals surface area contributed by atoms with E-state index in [1.54, 1.807) is 0 Å². The van der Waals surface area contributed by atoms with Crippen molar-refractivity contribution in [3.05, 3.63) is 52.2 Å². The fraction of sp³-hybridized carbons (Fsp3) is 0.222. The highest BCUT2D eigenvalue weighted by Crippen LogP contribution is 2.32. The number of hydrogen-bond donors (Lipinski definition) is 1. The third-order valence-corrected chi connectivity index (χ3v) is 6.97. The Morgan fingerprint density at radius 1 is 1.04 bits per heavy atom. The van der Waals surface area contributed by atoms with E-state index in [2.05, 4.69) is 0 Å². The van der Waals surface area contributed by atoms with E-state index in [4.69, 9.17) is 9.52 Å². The largest absolute Gasteiger partial charge is 0.478 e. The Morgan fingerprint density at radius 3 is 2.44 bits per heavy atom. The van der Waals surface area contributed by atoms with Gasteiger partial charge in [-0.05, 0) is 43.2 Å². The maximum atomic E-state index is 12.6. The molecule has 6 nitrogen and oxygen atoms in total. The summed E-state index contributed by atoms with van der Waals surface area (Å²) in [5, 5.41) is 9.07. The minimum absolute atomic E-state index is 0.0108. The highest BCUT2D eigenvalue weighted by molar-refractivity contribution is 7.92. The lowest BCUT2D eigenvalue weighted by atomic mass is 10.00. The number of aromatic carboxylic acids is 1. The Hall–Kier alpha value is -2.67. The molecule has 0 spiro atoms. The molecule has 1 aromatic heterocycles. The normalized spacial score (nSPS) is 15.4. The van der Waals surface area contributed by atoms with E-state index in [0.717, 1.165) is 6.42 Å². The quantitative estimate of drug-likeness (QED) is 0.722. The van der Waals surface area contributed by atoms with Gasteiger partial charge in [0.25, 0.3) is 0 Å². The Kier molecular flexibility index (Phi) is 3.43. The van der Waals surface area contributed by atoms with Gasteiger partial charge in [0.05, 0.1) is 26.5 Å².